The number of nitrogens with zero attached hydrogens (tertiary/aromatic N) is 1. The number of rotatable bonds is 6. The van der Waals surface area contributed by atoms with E-state index in [1.165, 1.54) is 16.7 Å². The molecule has 134 valence electrons. The molecule has 0 bridgehead atoms. The second-order valence-corrected chi connectivity index (χ2v) is 8.04. The summed E-state index contributed by atoms with van der Waals surface area (Å²) < 4.78 is 7.19. The number of halogens is 1. The van der Waals surface area contributed by atoms with E-state index in [1.54, 1.807) is 12.1 Å². The molecule has 3 rings (SSSR count). The third-order valence-corrected chi connectivity index (χ3v) is 5.75. The van der Waals surface area contributed by atoms with Crippen LogP contribution in [0.3, 0.4) is 0 Å². The highest BCUT2D eigenvalue weighted by atomic mass is 79.9. The second-order valence-electron chi connectivity index (χ2n) is 5.51. The number of carbonyl (C=O) groups is 2. The third-order valence-electron chi connectivity index (χ3n) is 3.69. The SMILES string of the molecule is O=C(O)CCCN1C(=O)C(=Cc2ccc(-c3ccccc3Br)o2)SC1=S. The van der Waals surface area contributed by atoms with Crippen LogP contribution in [0.1, 0.15) is 18.6 Å². The summed E-state index contributed by atoms with van der Waals surface area (Å²) in [7, 11) is 0. The Morgan fingerprint density at radius 3 is 2.81 bits per heavy atom. The number of hydrogen-bond donors (Lipinski definition) is 1. The summed E-state index contributed by atoms with van der Waals surface area (Å²) in [5.74, 6) is 0.146. The van der Waals surface area contributed by atoms with Gasteiger partial charge in [-0.3, -0.25) is 14.5 Å². The van der Waals surface area contributed by atoms with Crippen molar-refractivity contribution < 1.29 is 19.1 Å². The highest BCUT2D eigenvalue weighted by molar-refractivity contribution is 9.10. The molecule has 1 aromatic carbocycles. The van der Waals surface area contributed by atoms with E-state index in [-0.39, 0.29) is 12.3 Å². The molecule has 26 heavy (non-hydrogen) atoms. The van der Waals surface area contributed by atoms with Crippen LogP contribution in [-0.2, 0) is 9.59 Å². The molecule has 1 N–H and O–H groups in total. The zero-order valence-corrected chi connectivity index (χ0v) is 16.7. The quantitative estimate of drug-likeness (QED) is 0.503. The maximum absolute atomic E-state index is 12.5. The third kappa shape index (κ3) is 4.25. The summed E-state index contributed by atoms with van der Waals surface area (Å²) in [6.45, 7) is 0.300. The van der Waals surface area contributed by atoms with Gasteiger partial charge in [0, 0.05) is 29.1 Å². The fourth-order valence-corrected chi connectivity index (χ4v) is 4.22. The van der Waals surface area contributed by atoms with Crippen molar-refractivity contribution in [2.45, 2.75) is 12.8 Å². The molecule has 1 aliphatic rings. The number of benzene rings is 1. The average molecular weight is 452 g/mol. The molecule has 0 spiro atoms. The van der Waals surface area contributed by atoms with Gasteiger partial charge in [-0.2, -0.15) is 0 Å². The van der Waals surface area contributed by atoms with Crippen molar-refractivity contribution >= 4 is 62.2 Å². The van der Waals surface area contributed by atoms with Gasteiger partial charge in [0.05, 0.1) is 4.91 Å². The number of thioether (sulfide) groups is 1. The lowest BCUT2D eigenvalue weighted by molar-refractivity contribution is -0.137. The minimum atomic E-state index is -0.888. The van der Waals surface area contributed by atoms with Crippen LogP contribution >= 0.6 is 39.9 Å². The van der Waals surface area contributed by atoms with Crippen molar-refractivity contribution in [3.05, 3.63) is 51.5 Å². The van der Waals surface area contributed by atoms with Crippen molar-refractivity contribution in [2.75, 3.05) is 6.54 Å². The topological polar surface area (TPSA) is 70.8 Å². The van der Waals surface area contributed by atoms with Gasteiger partial charge in [0.25, 0.3) is 5.91 Å². The summed E-state index contributed by atoms with van der Waals surface area (Å²) in [6, 6.07) is 11.4. The minimum Gasteiger partial charge on any atom is -0.481 e. The van der Waals surface area contributed by atoms with Crippen LogP contribution in [0.25, 0.3) is 17.4 Å². The first-order valence-corrected chi connectivity index (χ1v) is 9.79. The van der Waals surface area contributed by atoms with Gasteiger partial charge < -0.3 is 9.52 Å². The van der Waals surface area contributed by atoms with Gasteiger partial charge in [0.15, 0.2) is 0 Å². The molecule has 1 amide bonds. The predicted molar refractivity (Wildman–Crippen MR) is 109 cm³/mol. The number of carbonyl (C=O) groups excluding carboxylic acids is 1. The lowest BCUT2D eigenvalue weighted by Crippen LogP contribution is -2.29. The van der Waals surface area contributed by atoms with Crippen LogP contribution in [-0.4, -0.2) is 32.7 Å². The number of carboxylic acid groups (broad SMARTS) is 1. The fraction of sp³-hybridized carbons (Fsp3) is 0.167. The Labute approximate surface area is 168 Å². The average Bonchev–Trinajstić information content (AvgIpc) is 3.15. The monoisotopic (exact) mass is 451 g/mol. The first-order chi connectivity index (χ1) is 12.5. The van der Waals surface area contributed by atoms with E-state index in [4.69, 9.17) is 21.7 Å². The summed E-state index contributed by atoms with van der Waals surface area (Å²) in [5, 5.41) is 8.71. The Bertz CT molecular complexity index is 906. The minimum absolute atomic E-state index is 0.00358. The molecule has 1 aromatic heterocycles. The molecule has 0 atom stereocenters. The van der Waals surface area contributed by atoms with Crippen molar-refractivity contribution in [1.29, 1.82) is 0 Å². The maximum atomic E-state index is 12.5. The molecule has 5 nitrogen and oxygen atoms in total. The highest BCUT2D eigenvalue weighted by Crippen LogP contribution is 2.34. The van der Waals surface area contributed by atoms with E-state index in [0.717, 1.165) is 10.0 Å². The predicted octanol–water partition coefficient (Wildman–Crippen LogP) is 4.78. The molecule has 1 aliphatic heterocycles. The van der Waals surface area contributed by atoms with Crippen LogP contribution in [0.15, 0.2) is 50.2 Å². The van der Waals surface area contributed by atoms with Crippen molar-refractivity contribution in [2.24, 2.45) is 0 Å². The largest absolute Gasteiger partial charge is 0.481 e. The molecule has 1 saturated heterocycles. The van der Waals surface area contributed by atoms with E-state index >= 15 is 0 Å². The van der Waals surface area contributed by atoms with Crippen LogP contribution in [0.5, 0.6) is 0 Å². The first-order valence-electron chi connectivity index (χ1n) is 7.77. The Kier molecular flexibility index (Phi) is 5.95. The number of aliphatic carboxylic acids is 1. The Morgan fingerprint density at radius 1 is 1.31 bits per heavy atom. The van der Waals surface area contributed by atoms with E-state index < -0.39 is 5.97 Å². The van der Waals surface area contributed by atoms with Crippen molar-refractivity contribution in [3.63, 3.8) is 0 Å². The zero-order valence-electron chi connectivity index (χ0n) is 13.5. The van der Waals surface area contributed by atoms with Crippen molar-refractivity contribution in [3.8, 4) is 11.3 Å². The summed E-state index contributed by atoms with van der Waals surface area (Å²) in [6.07, 6.45) is 2.03. The Morgan fingerprint density at radius 2 is 2.08 bits per heavy atom. The van der Waals surface area contributed by atoms with Crippen LogP contribution < -0.4 is 0 Å². The van der Waals surface area contributed by atoms with Gasteiger partial charge in [-0.1, -0.05) is 58.1 Å². The van der Waals surface area contributed by atoms with Gasteiger partial charge in [-0.25, -0.2) is 0 Å². The first kappa shape index (κ1) is 18.9. The molecular formula is C18H14BrNO4S2. The maximum Gasteiger partial charge on any atom is 0.303 e. The van der Waals surface area contributed by atoms with E-state index in [0.29, 0.717) is 33.7 Å². The lowest BCUT2D eigenvalue weighted by Gasteiger charge is -2.13. The lowest BCUT2D eigenvalue weighted by atomic mass is 10.2. The zero-order chi connectivity index (χ0) is 18.7. The normalized spacial score (nSPS) is 15.9. The van der Waals surface area contributed by atoms with Gasteiger partial charge in [-0.15, -0.1) is 0 Å². The van der Waals surface area contributed by atoms with Crippen LogP contribution in [0.4, 0.5) is 0 Å². The summed E-state index contributed by atoms with van der Waals surface area (Å²) in [5.41, 5.74) is 0.924. The molecule has 2 heterocycles. The van der Waals surface area contributed by atoms with Gasteiger partial charge in [0.1, 0.15) is 15.8 Å². The van der Waals surface area contributed by atoms with E-state index in [1.807, 2.05) is 30.3 Å². The molecule has 8 heteroatoms. The highest BCUT2D eigenvalue weighted by Gasteiger charge is 2.31. The van der Waals surface area contributed by atoms with Crippen molar-refractivity contribution in [1.82, 2.24) is 4.90 Å². The number of furan rings is 1. The van der Waals surface area contributed by atoms with Crippen LogP contribution in [0.2, 0.25) is 0 Å². The molecular weight excluding hydrogens is 438 g/mol. The summed E-state index contributed by atoms with van der Waals surface area (Å²) >= 11 is 9.92. The molecule has 2 aromatic rings. The van der Waals surface area contributed by atoms with Gasteiger partial charge >= 0.3 is 5.97 Å². The number of thiocarbonyl (C=S) groups is 1. The molecule has 0 saturated carbocycles. The molecule has 0 aliphatic carbocycles. The number of amides is 1. The molecule has 0 unspecified atom stereocenters. The van der Waals surface area contributed by atoms with E-state index in [9.17, 15) is 9.59 Å². The fourth-order valence-electron chi connectivity index (χ4n) is 2.45. The standard InChI is InChI=1S/C18H14BrNO4S2/c19-13-5-2-1-4-12(13)14-8-7-11(24-14)10-15-17(23)20(18(25)26-15)9-3-6-16(21)22/h1-2,4-5,7-8,10H,3,6,9H2,(H,21,22). The van der Waals surface area contributed by atoms with Crippen LogP contribution in [0, 0.1) is 0 Å². The van der Waals surface area contributed by atoms with Gasteiger partial charge in [-0.05, 0) is 24.6 Å². The molecule has 1 fully saturated rings. The Hall–Kier alpha value is -1.90. The Balaban J connectivity index is 1.75. The van der Waals surface area contributed by atoms with E-state index in [2.05, 4.69) is 15.9 Å². The van der Waals surface area contributed by atoms with Gasteiger partial charge in [0.2, 0.25) is 0 Å². The second kappa shape index (κ2) is 8.20. The number of hydrogen-bond acceptors (Lipinski definition) is 5. The summed E-state index contributed by atoms with van der Waals surface area (Å²) in [4.78, 5) is 25.0. The number of carboxylic acids is 1. The molecule has 0 radical (unpaired) electrons. The smallest absolute Gasteiger partial charge is 0.303 e.